The standard InChI is InChI=1S/C19H17ClN2O3/c20-15-7-9-16(10-8-15)21-19(24)22(13-17-5-3-11-25-17)12-14-4-1-2-6-18(14)23/h1-11,23H,12-13H2,(H,21,24). The van der Waals surface area contributed by atoms with Crippen LogP contribution in [-0.2, 0) is 13.1 Å². The summed E-state index contributed by atoms with van der Waals surface area (Å²) in [6.07, 6.45) is 1.56. The van der Waals surface area contributed by atoms with Crippen molar-refractivity contribution in [1.29, 1.82) is 0 Å². The fraction of sp³-hybridized carbons (Fsp3) is 0.105. The minimum atomic E-state index is -0.304. The second-order valence-corrected chi connectivity index (χ2v) is 5.94. The number of carbonyl (C=O) groups excluding carboxylic acids is 1. The van der Waals surface area contributed by atoms with Crippen LogP contribution in [0.1, 0.15) is 11.3 Å². The molecule has 0 fully saturated rings. The number of hydrogen-bond donors (Lipinski definition) is 2. The molecule has 128 valence electrons. The molecular weight excluding hydrogens is 340 g/mol. The van der Waals surface area contributed by atoms with E-state index in [9.17, 15) is 9.90 Å². The Labute approximate surface area is 150 Å². The number of carbonyl (C=O) groups is 1. The molecule has 2 aromatic carbocycles. The van der Waals surface area contributed by atoms with Crippen LogP contribution in [0.4, 0.5) is 10.5 Å². The number of hydrogen-bond acceptors (Lipinski definition) is 3. The topological polar surface area (TPSA) is 65.7 Å². The van der Waals surface area contributed by atoms with Crippen molar-refractivity contribution in [3.63, 3.8) is 0 Å². The van der Waals surface area contributed by atoms with Crippen molar-refractivity contribution in [2.24, 2.45) is 0 Å². The SMILES string of the molecule is O=C(Nc1ccc(Cl)cc1)N(Cc1ccco1)Cc1ccccc1O. The molecule has 2 N–H and O–H groups in total. The first-order chi connectivity index (χ1) is 12.1. The predicted molar refractivity (Wildman–Crippen MR) is 96.5 cm³/mol. The Bertz CT molecular complexity index is 832. The van der Waals surface area contributed by atoms with Crippen molar-refractivity contribution in [3.8, 4) is 5.75 Å². The monoisotopic (exact) mass is 356 g/mol. The maximum Gasteiger partial charge on any atom is 0.322 e. The Hall–Kier alpha value is -2.92. The van der Waals surface area contributed by atoms with E-state index in [1.54, 1.807) is 65.8 Å². The summed E-state index contributed by atoms with van der Waals surface area (Å²) >= 11 is 5.87. The Morgan fingerprint density at radius 3 is 2.48 bits per heavy atom. The summed E-state index contributed by atoms with van der Waals surface area (Å²) in [5.74, 6) is 0.799. The summed E-state index contributed by atoms with van der Waals surface area (Å²) in [7, 11) is 0. The van der Waals surface area contributed by atoms with Gasteiger partial charge in [0.2, 0.25) is 0 Å². The van der Waals surface area contributed by atoms with E-state index >= 15 is 0 Å². The lowest BCUT2D eigenvalue weighted by Crippen LogP contribution is -2.34. The second kappa shape index (κ2) is 7.77. The number of aromatic hydroxyl groups is 1. The van der Waals surface area contributed by atoms with Gasteiger partial charge in [-0.25, -0.2) is 4.79 Å². The number of furan rings is 1. The molecule has 0 bridgehead atoms. The number of nitrogens with zero attached hydrogens (tertiary/aromatic N) is 1. The third-order valence-electron chi connectivity index (χ3n) is 3.66. The smallest absolute Gasteiger partial charge is 0.322 e. The van der Waals surface area contributed by atoms with E-state index in [0.717, 1.165) is 0 Å². The Morgan fingerprint density at radius 2 is 1.80 bits per heavy atom. The molecule has 1 aromatic heterocycles. The summed E-state index contributed by atoms with van der Waals surface area (Å²) < 4.78 is 5.35. The number of phenols is 1. The van der Waals surface area contributed by atoms with Crippen LogP contribution >= 0.6 is 11.6 Å². The fourth-order valence-electron chi connectivity index (χ4n) is 2.38. The van der Waals surface area contributed by atoms with Gasteiger partial charge in [-0.05, 0) is 42.5 Å². The van der Waals surface area contributed by atoms with Crippen LogP contribution in [0.5, 0.6) is 5.75 Å². The average Bonchev–Trinajstić information content (AvgIpc) is 3.11. The summed E-state index contributed by atoms with van der Waals surface area (Å²) in [6, 6.07) is 17.1. The first-order valence-electron chi connectivity index (χ1n) is 7.72. The zero-order valence-corrected chi connectivity index (χ0v) is 14.1. The number of amides is 2. The molecule has 0 saturated heterocycles. The van der Waals surface area contributed by atoms with Gasteiger partial charge in [-0.1, -0.05) is 29.8 Å². The lowest BCUT2D eigenvalue weighted by Gasteiger charge is -2.22. The van der Waals surface area contributed by atoms with Gasteiger partial charge in [0.1, 0.15) is 11.5 Å². The number of nitrogens with one attached hydrogen (secondary N) is 1. The largest absolute Gasteiger partial charge is 0.508 e. The van der Waals surface area contributed by atoms with Gasteiger partial charge in [-0.15, -0.1) is 0 Å². The average molecular weight is 357 g/mol. The van der Waals surface area contributed by atoms with E-state index in [-0.39, 0.29) is 24.9 Å². The minimum absolute atomic E-state index is 0.145. The van der Waals surface area contributed by atoms with Crippen LogP contribution < -0.4 is 5.32 Å². The lowest BCUT2D eigenvalue weighted by molar-refractivity contribution is 0.200. The Balaban J connectivity index is 1.78. The summed E-state index contributed by atoms with van der Waals surface area (Å²) in [6.45, 7) is 0.521. The highest BCUT2D eigenvalue weighted by atomic mass is 35.5. The maximum absolute atomic E-state index is 12.7. The highest BCUT2D eigenvalue weighted by Crippen LogP contribution is 2.20. The number of rotatable bonds is 5. The van der Waals surface area contributed by atoms with Crippen LogP contribution in [0.15, 0.2) is 71.3 Å². The van der Waals surface area contributed by atoms with Gasteiger partial charge in [0.25, 0.3) is 0 Å². The summed E-state index contributed by atoms with van der Waals surface area (Å²) in [4.78, 5) is 14.3. The molecule has 0 aliphatic heterocycles. The molecule has 0 unspecified atom stereocenters. The van der Waals surface area contributed by atoms with Gasteiger partial charge in [0.15, 0.2) is 0 Å². The van der Waals surface area contributed by atoms with E-state index in [4.69, 9.17) is 16.0 Å². The predicted octanol–water partition coefficient (Wildman–Crippen LogP) is 4.87. The molecule has 6 heteroatoms. The molecule has 0 aliphatic carbocycles. The van der Waals surface area contributed by atoms with E-state index in [1.807, 2.05) is 6.07 Å². The third kappa shape index (κ3) is 4.55. The first-order valence-corrected chi connectivity index (χ1v) is 8.10. The van der Waals surface area contributed by atoms with Crippen LogP contribution in [-0.4, -0.2) is 16.0 Å². The molecule has 25 heavy (non-hydrogen) atoms. The summed E-state index contributed by atoms with van der Waals surface area (Å²) in [5.41, 5.74) is 1.29. The van der Waals surface area contributed by atoms with Gasteiger partial charge < -0.3 is 19.7 Å². The molecule has 0 spiro atoms. The molecular formula is C19H17ClN2O3. The minimum Gasteiger partial charge on any atom is -0.508 e. The van der Waals surface area contributed by atoms with Crippen molar-refractivity contribution >= 4 is 23.3 Å². The lowest BCUT2D eigenvalue weighted by atomic mass is 10.2. The third-order valence-corrected chi connectivity index (χ3v) is 3.91. The number of phenolic OH excluding ortho intramolecular Hbond substituents is 1. The number of anilines is 1. The zero-order chi connectivity index (χ0) is 17.6. The van der Waals surface area contributed by atoms with Crippen molar-refractivity contribution in [3.05, 3.63) is 83.3 Å². The molecule has 3 rings (SSSR count). The van der Waals surface area contributed by atoms with E-state index in [2.05, 4.69) is 5.32 Å². The van der Waals surface area contributed by atoms with Gasteiger partial charge in [-0.3, -0.25) is 0 Å². The summed E-state index contributed by atoms with van der Waals surface area (Å²) in [5, 5.41) is 13.4. The first kappa shape index (κ1) is 16.9. The molecule has 2 amide bonds. The quantitative estimate of drug-likeness (QED) is 0.685. The molecule has 0 atom stereocenters. The molecule has 5 nitrogen and oxygen atoms in total. The molecule has 0 saturated carbocycles. The van der Waals surface area contributed by atoms with Crippen molar-refractivity contribution in [2.75, 3.05) is 5.32 Å². The molecule has 0 radical (unpaired) electrons. The van der Waals surface area contributed by atoms with Crippen molar-refractivity contribution < 1.29 is 14.3 Å². The van der Waals surface area contributed by atoms with Gasteiger partial charge >= 0.3 is 6.03 Å². The van der Waals surface area contributed by atoms with E-state index < -0.39 is 0 Å². The van der Waals surface area contributed by atoms with Gasteiger partial charge in [0, 0.05) is 16.3 Å². The zero-order valence-electron chi connectivity index (χ0n) is 13.4. The van der Waals surface area contributed by atoms with Crippen LogP contribution in [0, 0.1) is 0 Å². The van der Waals surface area contributed by atoms with Crippen molar-refractivity contribution in [1.82, 2.24) is 4.90 Å². The maximum atomic E-state index is 12.7. The number of para-hydroxylation sites is 1. The second-order valence-electron chi connectivity index (χ2n) is 5.50. The van der Waals surface area contributed by atoms with Crippen LogP contribution in [0.25, 0.3) is 0 Å². The van der Waals surface area contributed by atoms with E-state index in [1.165, 1.54) is 0 Å². The number of urea groups is 1. The van der Waals surface area contributed by atoms with Crippen LogP contribution in [0.3, 0.4) is 0 Å². The molecule has 0 aliphatic rings. The fourth-order valence-corrected chi connectivity index (χ4v) is 2.50. The number of halogens is 1. The van der Waals surface area contributed by atoms with E-state index in [0.29, 0.717) is 22.0 Å². The molecule has 1 heterocycles. The van der Waals surface area contributed by atoms with Gasteiger partial charge in [0.05, 0.1) is 19.4 Å². The number of benzene rings is 2. The highest BCUT2D eigenvalue weighted by molar-refractivity contribution is 6.30. The normalized spacial score (nSPS) is 10.4. The van der Waals surface area contributed by atoms with Gasteiger partial charge in [-0.2, -0.15) is 0 Å². The van der Waals surface area contributed by atoms with Crippen molar-refractivity contribution in [2.45, 2.75) is 13.1 Å². The Morgan fingerprint density at radius 1 is 1.04 bits per heavy atom. The Kier molecular flexibility index (Phi) is 5.26. The highest BCUT2D eigenvalue weighted by Gasteiger charge is 2.17. The van der Waals surface area contributed by atoms with Crippen LogP contribution in [0.2, 0.25) is 5.02 Å². The molecule has 3 aromatic rings.